The lowest BCUT2D eigenvalue weighted by Gasteiger charge is -2.23. The van der Waals surface area contributed by atoms with Crippen LogP contribution in [0.4, 0.5) is 5.69 Å². The fourth-order valence-electron chi connectivity index (χ4n) is 2.78. The van der Waals surface area contributed by atoms with Gasteiger partial charge in [-0.2, -0.15) is 0 Å². The summed E-state index contributed by atoms with van der Waals surface area (Å²) in [5.74, 6) is -0.686. The van der Waals surface area contributed by atoms with Crippen LogP contribution in [0.25, 0.3) is 0 Å². The van der Waals surface area contributed by atoms with Gasteiger partial charge in [-0.15, -0.1) is 0 Å². The van der Waals surface area contributed by atoms with Gasteiger partial charge in [0.15, 0.2) is 0 Å². The highest BCUT2D eigenvalue weighted by Gasteiger charge is 2.20. The van der Waals surface area contributed by atoms with Crippen molar-refractivity contribution in [1.29, 1.82) is 0 Å². The number of amides is 2. The molecule has 4 N–H and O–H groups in total. The van der Waals surface area contributed by atoms with Crippen molar-refractivity contribution >= 4 is 29.1 Å². The second-order valence-corrected chi connectivity index (χ2v) is 7.05. The lowest BCUT2D eigenvalue weighted by Crippen LogP contribution is -2.36. The van der Waals surface area contributed by atoms with Crippen molar-refractivity contribution in [2.24, 2.45) is 11.7 Å². The van der Waals surface area contributed by atoms with E-state index >= 15 is 0 Å². The molecule has 1 fully saturated rings. The SMILES string of the molecule is CC(N)C(C)C(=O)Nc1ccc(Cl)c(C(=O)NC2CCCCC2)c1. The summed E-state index contributed by atoms with van der Waals surface area (Å²) in [6.07, 6.45) is 5.53. The molecule has 24 heavy (non-hydrogen) atoms. The summed E-state index contributed by atoms with van der Waals surface area (Å²) < 4.78 is 0. The number of rotatable bonds is 5. The van der Waals surface area contributed by atoms with Gasteiger partial charge >= 0.3 is 0 Å². The predicted molar refractivity (Wildman–Crippen MR) is 97.2 cm³/mol. The van der Waals surface area contributed by atoms with Crippen LogP contribution in [0.2, 0.25) is 5.02 Å². The van der Waals surface area contributed by atoms with Crippen LogP contribution < -0.4 is 16.4 Å². The van der Waals surface area contributed by atoms with Crippen LogP contribution in [0.15, 0.2) is 18.2 Å². The molecule has 1 aromatic rings. The van der Waals surface area contributed by atoms with Crippen LogP contribution in [0, 0.1) is 5.92 Å². The van der Waals surface area contributed by atoms with Crippen molar-refractivity contribution in [3.8, 4) is 0 Å². The van der Waals surface area contributed by atoms with Crippen molar-refractivity contribution in [2.75, 3.05) is 5.32 Å². The summed E-state index contributed by atoms with van der Waals surface area (Å²) in [6, 6.07) is 4.89. The number of hydrogen-bond acceptors (Lipinski definition) is 3. The van der Waals surface area contributed by atoms with Crippen molar-refractivity contribution in [1.82, 2.24) is 5.32 Å². The molecular weight excluding hydrogens is 326 g/mol. The van der Waals surface area contributed by atoms with E-state index in [-0.39, 0.29) is 29.8 Å². The molecule has 0 saturated heterocycles. The molecule has 1 aliphatic rings. The molecule has 2 rings (SSSR count). The fourth-order valence-corrected chi connectivity index (χ4v) is 2.99. The largest absolute Gasteiger partial charge is 0.349 e. The van der Waals surface area contributed by atoms with Crippen molar-refractivity contribution in [3.05, 3.63) is 28.8 Å². The molecule has 2 unspecified atom stereocenters. The molecule has 0 spiro atoms. The highest BCUT2D eigenvalue weighted by atomic mass is 35.5. The topological polar surface area (TPSA) is 84.2 Å². The molecule has 0 aromatic heterocycles. The first-order valence-electron chi connectivity index (χ1n) is 8.55. The molecule has 1 saturated carbocycles. The molecular formula is C18H26ClN3O2. The minimum atomic E-state index is -0.319. The number of hydrogen-bond donors (Lipinski definition) is 3. The third kappa shape index (κ3) is 4.95. The zero-order valence-electron chi connectivity index (χ0n) is 14.3. The van der Waals surface area contributed by atoms with Gasteiger partial charge in [-0.05, 0) is 38.0 Å². The zero-order valence-corrected chi connectivity index (χ0v) is 15.0. The Labute approximate surface area is 148 Å². The highest BCUT2D eigenvalue weighted by Crippen LogP contribution is 2.23. The van der Waals surface area contributed by atoms with Gasteiger partial charge in [0.05, 0.1) is 16.5 Å². The van der Waals surface area contributed by atoms with Gasteiger partial charge in [0.1, 0.15) is 0 Å². The Balaban J connectivity index is 2.07. The van der Waals surface area contributed by atoms with E-state index in [1.165, 1.54) is 6.42 Å². The Morgan fingerprint density at radius 2 is 1.88 bits per heavy atom. The zero-order chi connectivity index (χ0) is 17.7. The van der Waals surface area contributed by atoms with E-state index < -0.39 is 0 Å². The van der Waals surface area contributed by atoms with E-state index in [0.29, 0.717) is 16.3 Å². The van der Waals surface area contributed by atoms with E-state index in [9.17, 15) is 9.59 Å². The van der Waals surface area contributed by atoms with E-state index in [4.69, 9.17) is 17.3 Å². The molecule has 0 bridgehead atoms. The molecule has 6 heteroatoms. The van der Waals surface area contributed by atoms with E-state index in [2.05, 4.69) is 10.6 Å². The van der Waals surface area contributed by atoms with E-state index in [1.807, 2.05) is 0 Å². The summed E-state index contributed by atoms with van der Waals surface area (Å²) in [7, 11) is 0. The molecule has 0 heterocycles. The molecule has 0 aliphatic heterocycles. The average Bonchev–Trinajstić information content (AvgIpc) is 2.56. The van der Waals surface area contributed by atoms with Crippen molar-refractivity contribution in [3.63, 3.8) is 0 Å². The Kier molecular flexibility index (Phi) is 6.63. The first-order chi connectivity index (χ1) is 11.4. The van der Waals surface area contributed by atoms with Gasteiger partial charge in [0, 0.05) is 17.8 Å². The van der Waals surface area contributed by atoms with Crippen molar-refractivity contribution in [2.45, 2.75) is 58.0 Å². The van der Waals surface area contributed by atoms with Gasteiger partial charge in [-0.25, -0.2) is 0 Å². The second kappa shape index (κ2) is 8.49. The normalized spacial score (nSPS) is 17.8. The minimum Gasteiger partial charge on any atom is -0.349 e. The molecule has 2 atom stereocenters. The van der Waals surface area contributed by atoms with Crippen LogP contribution in [-0.4, -0.2) is 23.9 Å². The minimum absolute atomic E-state index is 0.175. The molecule has 0 radical (unpaired) electrons. The van der Waals surface area contributed by atoms with E-state index in [0.717, 1.165) is 25.7 Å². The summed E-state index contributed by atoms with van der Waals surface area (Å²) >= 11 is 6.16. The quantitative estimate of drug-likeness (QED) is 0.760. The fraction of sp³-hybridized carbons (Fsp3) is 0.556. The number of benzene rings is 1. The summed E-state index contributed by atoms with van der Waals surface area (Å²) in [5.41, 5.74) is 6.68. The van der Waals surface area contributed by atoms with Crippen LogP contribution in [-0.2, 0) is 4.79 Å². The number of carbonyl (C=O) groups is 2. The van der Waals surface area contributed by atoms with Gasteiger partial charge in [0.25, 0.3) is 5.91 Å². The van der Waals surface area contributed by atoms with Gasteiger partial charge in [0.2, 0.25) is 5.91 Å². The third-order valence-electron chi connectivity index (χ3n) is 4.62. The standard InChI is InChI=1S/C18H26ClN3O2/c1-11(12(2)20)17(23)22-14-8-9-16(19)15(10-14)18(24)21-13-6-4-3-5-7-13/h8-13H,3-7,20H2,1-2H3,(H,21,24)(H,22,23). The summed E-state index contributed by atoms with van der Waals surface area (Å²) in [6.45, 7) is 3.56. The Morgan fingerprint density at radius 1 is 1.21 bits per heavy atom. The summed E-state index contributed by atoms with van der Waals surface area (Å²) in [4.78, 5) is 24.6. The maximum Gasteiger partial charge on any atom is 0.253 e. The number of anilines is 1. The number of carbonyl (C=O) groups excluding carboxylic acids is 2. The highest BCUT2D eigenvalue weighted by molar-refractivity contribution is 6.34. The number of halogens is 1. The van der Waals surface area contributed by atoms with Gasteiger partial charge in [-0.3, -0.25) is 9.59 Å². The van der Waals surface area contributed by atoms with Crippen LogP contribution >= 0.6 is 11.6 Å². The number of nitrogens with two attached hydrogens (primary N) is 1. The number of nitrogens with one attached hydrogen (secondary N) is 2. The Bertz CT molecular complexity index is 598. The lowest BCUT2D eigenvalue weighted by molar-refractivity contribution is -0.119. The van der Waals surface area contributed by atoms with Crippen LogP contribution in [0.3, 0.4) is 0 Å². The van der Waals surface area contributed by atoms with Crippen molar-refractivity contribution < 1.29 is 9.59 Å². The maximum atomic E-state index is 12.5. The first kappa shape index (κ1) is 18.7. The Hall–Kier alpha value is -1.59. The molecule has 2 amide bonds. The lowest BCUT2D eigenvalue weighted by atomic mass is 9.95. The predicted octanol–water partition coefficient (Wildman–Crippen LogP) is 3.32. The maximum absolute atomic E-state index is 12.5. The van der Waals surface area contributed by atoms with Crippen LogP contribution in [0.5, 0.6) is 0 Å². The molecule has 1 aromatic carbocycles. The van der Waals surface area contributed by atoms with Gasteiger partial charge in [-0.1, -0.05) is 37.8 Å². The molecule has 5 nitrogen and oxygen atoms in total. The third-order valence-corrected chi connectivity index (χ3v) is 4.95. The Morgan fingerprint density at radius 3 is 2.50 bits per heavy atom. The summed E-state index contributed by atoms with van der Waals surface area (Å²) in [5, 5.41) is 6.21. The average molecular weight is 352 g/mol. The first-order valence-corrected chi connectivity index (χ1v) is 8.93. The molecule has 1 aliphatic carbocycles. The van der Waals surface area contributed by atoms with E-state index in [1.54, 1.807) is 32.0 Å². The monoisotopic (exact) mass is 351 g/mol. The van der Waals surface area contributed by atoms with Crippen LogP contribution in [0.1, 0.15) is 56.3 Å². The second-order valence-electron chi connectivity index (χ2n) is 6.64. The van der Waals surface area contributed by atoms with Gasteiger partial charge < -0.3 is 16.4 Å². The molecule has 132 valence electrons. The smallest absolute Gasteiger partial charge is 0.253 e.